The molecule has 2 aliphatic rings. The van der Waals surface area contributed by atoms with Gasteiger partial charge in [-0.25, -0.2) is 19.3 Å². The first-order chi connectivity index (χ1) is 19.2. The Hall–Kier alpha value is -2.97. The number of ether oxygens (including phenoxy) is 1. The third-order valence-electron chi connectivity index (χ3n) is 6.18. The summed E-state index contributed by atoms with van der Waals surface area (Å²) in [5.74, 6) is 0.134. The number of fused-ring (bicyclic) bond motifs is 6. The number of nitrogens with two attached hydrogens (primary N) is 1. The summed E-state index contributed by atoms with van der Waals surface area (Å²) in [4.78, 5) is 42.5. The number of hydrogen-bond acceptors (Lipinski definition) is 13. The second-order valence-corrected chi connectivity index (χ2v) is 12.2. The fourth-order valence-corrected chi connectivity index (χ4v) is 6.23. The SMILES string of the molecule is N#Cc1cnc2c(c1)nc1n2CCOPOC[C@H]2O[C@@H](n3cnc4c(=O)[nH]c(N)nc43)[C@H](OP(O)(=S)OC1)[C@@H]2F. The van der Waals surface area contributed by atoms with Gasteiger partial charge in [0.1, 0.15) is 36.2 Å². The van der Waals surface area contributed by atoms with Gasteiger partial charge in [-0.3, -0.25) is 18.9 Å². The fraction of sp³-hybridized carbons (Fsp3) is 0.400. The van der Waals surface area contributed by atoms with Crippen LogP contribution >= 0.6 is 15.8 Å². The Balaban J connectivity index is 1.34. The molecule has 2 bridgehead atoms. The van der Waals surface area contributed by atoms with E-state index < -0.39 is 45.9 Å². The highest BCUT2D eigenvalue weighted by atomic mass is 32.5. The summed E-state index contributed by atoms with van der Waals surface area (Å²) in [6.45, 7) is -4.18. The van der Waals surface area contributed by atoms with E-state index in [4.69, 9.17) is 40.4 Å². The van der Waals surface area contributed by atoms with Crippen molar-refractivity contribution < 1.29 is 32.1 Å². The molecule has 16 nitrogen and oxygen atoms in total. The first-order valence-corrected chi connectivity index (χ1v) is 15.1. The highest BCUT2D eigenvalue weighted by Crippen LogP contribution is 2.51. The van der Waals surface area contributed by atoms with Crippen LogP contribution in [0.1, 0.15) is 17.6 Å². The largest absolute Gasteiger partial charge is 0.369 e. The van der Waals surface area contributed by atoms with Gasteiger partial charge in [-0.1, -0.05) is 0 Å². The van der Waals surface area contributed by atoms with Gasteiger partial charge >= 0.3 is 6.72 Å². The van der Waals surface area contributed by atoms with Crippen molar-refractivity contribution in [1.82, 2.24) is 34.1 Å². The standard InChI is InChI=1S/C20H20FN9O7P2S/c21-13-11-6-34-38-33-2-1-29-12(26-10-3-9(4-22)5-24-16(10)29)7-35-39(32,40)37-15(13)19(36-11)30-8-25-14-17(30)27-20(23)28-18(14)31/h3,5,8,11,13,15,19,38H,1-2,6-7H2,(H,32,40)(H3,23,27,28,31)/t11-,13-,15-,19-,39?/m1/s1. The van der Waals surface area contributed by atoms with Crippen LogP contribution in [0.2, 0.25) is 0 Å². The lowest BCUT2D eigenvalue weighted by Gasteiger charge is -2.25. The van der Waals surface area contributed by atoms with Gasteiger partial charge in [-0.05, 0) is 17.9 Å². The Morgan fingerprint density at radius 1 is 1.32 bits per heavy atom. The van der Waals surface area contributed by atoms with Crippen molar-refractivity contribution in [2.45, 2.75) is 37.8 Å². The molecule has 210 valence electrons. The Kier molecular flexibility index (Phi) is 7.34. The zero-order valence-corrected chi connectivity index (χ0v) is 22.9. The Morgan fingerprint density at radius 2 is 2.17 bits per heavy atom. The van der Waals surface area contributed by atoms with Gasteiger partial charge in [-0.15, -0.1) is 0 Å². The maximum Gasteiger partial charge on any atom is 0.325 e. The van der Waals surface area contributed by atoms with E-state index in [1.807, 2.05) is 6.07 Å². The van der Waals surface area contributed by atoms with Crippen LogP contribution in [0.4, 0.5) is 10.3 Å². The number of aromatic amines is 1. The number of halogens is 1. The van der Waals surface area contributed by atoms with Gasteiger partial charge in [0, 0.05) is 12.7 Å². The molecule has 1 saturated heterocycles. The molecule has 4 N–H and O–H groups in total. The van der Waals surface area contributed by atoms with Gasteiger partial charge in [0.15, 0.2) is 38.2 Å². The van der Waals surface area contributed by atoms with E-state index in [0.29, 0.717) is 29.1 Å². The number of rotatable bonds is 1. The van der Waals surface area contributed by atoms with Crippen molar-refractivity contribution in [3.05, 3.63) is 40.3 Å². The summed E-state index contributed by atoms with van der Waals surface area (Å²) in [7, 11) is -0.447. The lowest BCUT2D eigenvalue weighted by molar-refractivity contribution is -0.0442. The van der Waals surface area contributed by atoms with Crippen molar-refractivity contribution in [2.75, 3.05) is 18.9 Å². The van der Waals surface area contributed by atoms with Crippen LogP contribution in [0.25, 0.3) is 22.3 Å². The minimum absolute atomic E-state index is 0.0124. The van der Waals surface area contributed by atoms with Crippen molar-refractivity contribution in [1.29, 1.82) is 5.26 Å². The maximum absolute atomic E-state index is 15.7. The fourth-order valence-electron chi connectivity index (χ4n) is 4.42. The average molecular weight is 611 g/mol. The summed E-state index contributed by atoms with van der Waals surface area (Å²) < 4.78 is 46.9. The van der Waals surface area contributed by atoms with Crippen LogP contribution in [0, 0.1) is 11.3 Å². The van der Waals surface area contributed by atoms with E-state index in [1.165, 1.54) is 17.1 Å². The molecule has 6 rings (SSSR count). The number of nitrogen functional groups attached to an aromatic ring is 1. The third-order valence-corrected chi connectivity index (χ3v) is 8.32. The highest BCUT2D eigenvalue weighted by molar-refractivity contribution is 8.07. The zero-order valence-electron chi connectivity index (χ0n) is 20.2. The first-order valence-electron chi connectivity index (χ1n) is 11.7. The number of pyridine rings is 1. The second-order valence-electron chi connectivity index (χ2n) is 8.70. The molecule has 2 unspecified atom stereocenters. The van der Waals surface area contributed by atoms with Crippen LogP contribution in [0.15, 0.2) is 23.4 Å². The molecule has 40 heavy (non-hydrogen) atoms. The number of alkyl halides is 1. The normalized spacial score (nSPS) is 28.7. The molecule has 2 aliphatic heterocycles. The van der Waals surface area contributed by atoms with Crippen LogP contribution in [0.3, 0.4) is 0 Å². The molecule has 0 aliphatic carbocycles. The first kappa shape index (κ1) is 27.2. The smallest absolute Gasteiger partial charge is 0.325 e. The summed E-state index contributed by atoms with van der Waals surface area (Å²) in [6, 6.07) is 3.57. The van der Waals surface area contributed by atoms with Gasteiger partial charge < -0.3 is 33.5 Å². The lowest BCUT2D eigenvalue weighted by Crippen LogP contribution is -2.32. The molecular weight excluding hydrogens is 591 g/mol. The number of nitrogens with zero attached hydrogens (tertiary/aromatic N) is 7. The van der Waals surface area contributed by atoms with Crippen LogP contribution < -0.4 is 11.3 Å². The molecule has 6 heterocycles. The predicted octanol–water partition coefficient (Wildman–Crippen LogP) is 0.928. The number of nitriles is 1. The van der Waals surface area contributed by atoms with E-state index in [-0.39, 0.29) is 36.9 Å². The van der Waals surface area contributed by atoms with Crippen LogP contribution in [-0.2, 0) is 47.8 Å². The van der Waals surface area contributed by atoms with Crippen LogP contribution in [0.5, 0.6) is 0 Å². The quantitative estimate of drug-likeness (QED) is 0.256. The van der Waals surface area contributed by atoms with Gasteiger partial charge in [0.05, 0.1) is 25.1 Å². The monoisotopic (exact) mass is 611 g/mol. The Bertz CT molecular complexity index is 1740. The van der Waals surface area contributed by atoms with E-state index in [1.54, 1.807) is 10.6 Å². The van der Waals surface area contributed by atoms with E-state index in [9.17, 15) is 14.9 Å². The van der Waals surface area contributed by atoms with Crippen molar-refractivity contribution in [3.8, 4) is 6.07 Å². The average Bonchev–Trinajstić information content (AvgIpc) is 3.58. The molecule has 0 aromatic carbocycles. The molecule has 0 saturated carbocycles. The second kappa shape index (κ2) is 10.8. The molecule has 20 heteroatoms. The summed E-state index contributed by atoms with van der Waals surface area (Å²) >= 11 is 5.23. The van der Waals surface area contributed by atoms with E-state index >= 15 is 4.39 Å². The van der Waals surface area contributed by atoms with E-state index in [0.717, 1.165) is 0 Å². The number of H-pyrrole nitrogens is 1. The number of imidazole rings is 2. The number of anilines is 1. The Morgan fingerprint density at radius 3 is 3.00 bits per heavy atom. The minimum atomic E-state index is -4.12. The van der Waals surface area contributed by atoms with Gasteiger partial charge in [-0.2, -0.15) is 10.2 Å². The molecule has 0 spiro atoms. The Labute approximate surface area is 230 Å². The van der Waals surface area contributed by atoms with Crippen molar-refractivity contribution in [2.24, 2.45) is 0 Å². The molecule has 4 aromatic rings. The number of aromatic nitrogens is 7. The van der Waals surface area contributed by atoms with Crippen LogP contribution in [-0.4, -0.2) is 70.5 Å². The highest BCUT2D eigenvalue weighted by Gasteiger charge is 2.50. The molecule has 6 atom stereocenters. The number of hydrogen-bond donors (Lipinski definition) is 3. The number of nitrogens with one attached hydrogen (secondary N) is 1. The molecule has 1 fully saturated rings. The molecular formula is C20H20FN9O7P2S. The third kappa shape index (κ3) is 5.12. The predicted molar refractivity (Wildman–Crippen MR) is 140 cm³/mol. The van der Waals surface area contributed by atoms with Crippen molar-refractivity contribution in [3.63, 3.8) is 0 Å². The topological polar surface area (TPSA) is 210 Å². The zero-order chi connectivity index (χ0) is 28.0. The van der Waals surface area contributed by atoms with Crippen molar-refractivity contribution >= 4 is 55.8 Å². The summed E-state index contributed by atoms with van der Waals surface area (Å²) in [5, 5.41) is 9.21. The van der Waals surface area contributed by atoms with Gasteiger partial charge in [0.25, 0.3) is 5.56 Å². The van der Waals surface area contributed by atoms with Gasteiger partial charge in [0.2, 0.25) is 5.95 Å². The molecule has 0 radical (unpaired) electrons. The molecule has 0 amide bonds. The van der Waals surface area contributed by atoms with E-state index in [2.05, 4.69) is 24.9 Å². The lowest BCUT2D eigenvalue weighted by atomic mass is 10.1. The summed E-state index contributed by atoms with van der Waals surface area (Å²) in [5.41, 5.74) is 6.25. The summed E-state index contributed by atoms with van der Waals surface area (Å²) in [6.07, 6.45) is -3.13. The minimum Gasteiger partial charge on any atom is -0.369 e. The molecule has 4 aromatic heterocycles. The maximum atomic E-state index is 15.7.